The lowest BCUT2D eigenvalue weighted by Gasteiger charge is -2.21. The van der Waals surface area contributed by atoms with Crippen LogP contribution in [0.4, 0.5) is 10.2 Å². The molecular formula is C17H22FN3. The Morgan fingerprint density at radius 3 is 2.29 bits per heavy atom. The topological polar surface area (TPSA) is 37.8 Å². The molecule has 21 heavy (non-hydrogen) atoms. The monoisotopic (exact) mass is 287 g/mol. The number of nitrogens with zero attached hydrogens (tertiary/aromatic N) is 2. The Labute approximate surface area is 125 Å². The minimum Gasteiger partial charge on any atom is -0.373 e. The molecule has 0 saturated heterocycles. The molecule has 0 amide bonds. The van der Waals surface area contributed by atoms with Crippen molar-refractivity contribution in [2.75, 3.05) is 12.4 Å². The van der Waals surface area contributed by atoms with E-state index >= 15 is 0 Å². The number of halogens is 1. The van der Waals surface area contributed by atoms with Crippen molar-refractivity contribution in [2.45, 2.75) is 40.0 Å². The molecule has 4 heteroatoms. The van der Waals surface area contributed by atoms with E-state index in [0.717, 1.165) is 28.5 Å². The first-order valence-electron chi connectivity index (χ1n) is 7.08. The van der Waals surface area contributed by atoms with E-state index < -0.39 is 0 Å². The van der Waals surface area contributed by atoms with Crippen LogP contribution in [0, 0.1) is 19.7 Å². The smallest absolute Gasteiger partial charge is 0.136 e. The molecule has 0 radical (unpaired) electrons. The molecule has 112 valence electrons. The average Bonchev–Trinajstić information content (AvgIpc) is 2.41. The Morgan fingerprint density at radius 2 is 1.71 bits per heavy atom. The zero-order valence-corrected chi connectivity index (χ0v) is 13.5. The van der Waals surface area contributed by atoms with Crippen LogP contribution in [-0.2, 0) is 5.41 Å². The lowest BCUT2D eigenvalue weighted by molar-refractivity contribution is 0.546. The van der Waals surface area contributed by atoms with E-state index in [1.165, 1.54) is 6.07 Å². The van der Waals surface area contributed by atoms with Crippen LogP contribution in [0.1, 0.15) is 37.7 Å². The third-order valence-electron chi connectivity index (χ3n) is 3.58. The molecule has 2 aromatic rings. The molecule has 0 bridgehead atoms. The van der Waals surface area contributed by atoms with Crippen molar-refractivity contribution in [3.8, 4) is 11.3 Å². The number of aromatic nitrogens is 2. The summed E-state index contributed by atoms with van der Waals surface area (Å²) >= 11 is 0. The molecule has 1 aromatic heterocycles. The molecule has 0 aliphatic rings. The molecule has 1 aromatic carbocycles. The SMILES string of the molecule is CNc1nc(C(C)(C)C)nc(-c2cccc(F)c2C)c1C. The van der Waals surface area contributed by atoms with Gasteiger partial charge in [0.15, 0.2) is 0 Å². The maximum atomic E-state index is 13.9. The van der Waals surface area contributed by atoms with Gasteiger partial charge in [0, 0.05) is 23.6 Å². The summed E-state index contributed by atoms with van der Waals surface area (Å²) in [6.07, 6.45) is 0. The number of nitrogens with one attached hydrogen (secondary N) is 1. The van der Waals surface area contributed by atoms with Gasteiger partial charge in [-0.3, -0.25) is 0 Å². The fraction of sp³-hybridized carbons (Fsp3) is 0.412. The first-order valence-corrected chi connectivity index (χ1v) is 7.08. The Morgan fingerprint density at radius 1 is 1.05 bits per heavy atom. The Hall–Kier alpha value is -1.97. The molecule has 0 spiro atoms. The second-order valence-corrected chi connectivity index (χ2v) is 6.28. The highest BCUT2D eigenvalue weighted by Crippen LogP contribution is 2.31. The number of hydrogen-bond acceptors (Lipinski definition) is 3. The van der Waals surface area contributed by atoms with Gasteiger partial charge in [-0.25, -0.2) is 14.4 Å². The van der Waals surface area contributed by atoms with E-state index in [2.05, 4.69) is 31.1 Å². The molecule has 0 atom stereocenters. The molecule has 0 aliphatic heterocycles. The van der Waals surface area contributed by atoms with Crippen LogP contribution in [0.25, 0.3) is 11.3 Å². The second-order valence-electron chi connectivity index (χ2n) is 6.28. The van der Waals surface area contributed by atoms with Gasteiger partial charge in [-0.05, 0) is 25.5 Å². The van der Waals surface area contributed by atoms with E-state index in [4.69, 9.17) is 4.98 Å². The minimum absolute atomic E-state index is 0.171. The highest BCUT2D eigenvalue weighted by molar-refractivity contribution is 5.71. The summed E-state index contributed by atoms with van der Waals surface area (Å²) < 4.78 is 13.9. The molecular weight excluding hydrogens is 265 g/mol. The van der Waals surface area contributed by atoms with Gasteiger partial charge < -0.3 is 5.32 Å². The van der Waals surface area contributed by atoms with E-state index in [1.54, 1.807) is 13.0 Å². The van der Waals surface area contributed by atoms with Crippen LogP contribution in [0.3, 0.4) is 0 Å². The molecule has 3 nitrogen and oxygen atoms in total. The number of anilines is 1. The van der Waals surface area contributed by atoms with Crippen LogP contribution < -0.4 is 5.32 Å². The normalized spacial score (nSPS) is 11.6. The largest absolute Gasteiger partial charge is 0.373 e. The van der Waals surface area contributed by atoms with Gasteiger partial charge in [0.2, 0.25) is 0 Å². The fourth-order valence-corrected chi connectivity index (χ4v) is 2.22. The summed E-state index contributed by atoms with van der Waals surface area (Å²) in [5, 5.41) is 3.11. The van der Waals surface area contributed by atoms with Gasteiger partial charge in [0.25, 0.3) is 0 Å². The van der Waals surface area contributed by atoms with Crippen LogP contribution in [0.15, 0.2) is 18.2 Å². The number of benzene rings is 1. The van der Waals surface area contributed by atoms with Crippen molar-refractivity contribution in [3.63, 3.8) is 0 Å². The third kappa shape index (κ3) is 2.89. The molecule has 1 heterocycles. The van der Waals surface area contributed by atoms with E-state index in [0.29, 0.717) is 5.56 Å². The summed E-state index contributed by atoms with van der Waals surface area (Å²) in [5.74, 6) is 1.32. The molecule has 1 N–H and O–H groups in total. The van der Waals surface area contributed by atoms with Crippen molar-refractivity contribution < 1.29 is 4.39 Å². The maximum Gasteiger partial charge on any atom is 0.136 e. The van der Waals surface area contributed by atoms with E-state index in [9.17, 15) is 4.39 Å². The van der Waals surface area contributed by atoms with E-state index in [1.807, 2.05) is 20.0 Å². The predicted molar refractivity (Wildman–Crippen MR) is 85.1 cm³/mol. The van der Waals surface area contributed by atoms with Crippen LogP contribution in [0.5, 0.6) is 0 Å². The van der Waals surface area contributed by atoms with Crippen LogP contribution >= 0.6 is 0 Å². The summed E-state index contributed by atoms with van der Waals surface area (Å²) in [6, 6.07) is 5.09. The fourth-order valence-electron chi connectivity index (χ4n) is 2.22. The lowest BCUT2D eigenvalue weighted by Crippen LogP contribution is -2.18. The molecule has 0 aliphatic carbocycles. The quantitative estimate of drug-likeness (QED) is 0.897. The van der Waals surface area contributed by atoms with Gasteiger partial charge in [0.05, 0.1) is 5.69 Å². The Balaban J connectivity index is 2.76. The third-order valence-corrected chi connectivity index (χ3v) is 3.58. The zero-order chi connectivity index (χ0) is 15.8. The highest BCUT2D eigenvalue weighted by Gasteiger charge is 2.22. The zero-order valence-electron chi connectivity index (χ0n) is 13.5. The summed E-state index contributed by atoms with van der Waals surface area (Å²) in [4.78, 5) is 9.29. The van der Waals surface area contributed by atoms with Crippen molar-refractivity contribution in [1.29, 1.82) is 0 Å². The summed E-state index contributed by atoms with van der Waals surface area (Å²) in [5.41, 5.74) is 2.98. The number of rotatable bonds is 2. The average molecular weight is 287 g/mol. The number of hydrogen-bond donors (Lipinski definition) is 1. The lowest BCUT2D eigenvalue weighted by atomic mass is 9.94. The molecule has 0 fully saturated rings. The van der Waals surface area contributed by atoms with Crippen molar-refractivity contribution in [2.24, 2.45) is 0 Å². The standard InChI is InChI=1S/C17H22FN3/c1-10-12(8-7-9-13(10)18)14-11(2)15(19-6)21-16(20-14)17(3,4)5/h7-9H,1-6H3,(H,19,20,21). The predicted octanol–water partition coefficient (Wildman–Crippen LogP) is 4.24. The highest BCUT2D eigenvalue weighted by atomic mass is 19.1. The van der Waals surface area contributed by atoms with Crippen molar-refractivity contribution in [1.82, 2.24) is 9.97 Å². The van der Waals surface area contributed by atoms with Crippen LogP contribution in [-0.4, -0.2) is 17.0 Å². The minimum atomic E-state index is -0.214. The maximum absolute atomic E-state index is 13.9. The summed E-state index contributed by atoms with van der Waals surface area (Å²) in [7, 11) is 1.84. The van der Waals surface area contributed by atoms with Gasteiger partial charge in [-0.1, -0.05) is 32.9 Å². The van der Waals surface area contributed by atoms with Gasteiger partial charge in [0.1, 0.15) is 17.5 Å². The first-order chi connectivity index (χ1) is 9.75. The van der Waals surface area contributed by atoms with Gasteiger partial charge in [-0.2, -0.15) is 0 Å². The van der Waals surface area contributed by atoms with E-state index in [-0.39, 0.29) is 11.2 Å². The van der Waals surface area contributed by atoms with Crippen molar-refractivity contribution >= 4 is 5.82 Å². The molecule has 0 saturated carbocycles. The van der Waals surface area contributed by atoms with Crippen molar-refractivity contribution in [3.05, 3.63) is 41.0 Å². The second kappa shape index (κ2) is 5.43. The van der Waals surface area contributed by atoms with Crippen LogP contribution in [0.2, 0.25) is 0 Å². The summed E-state index contributed by atoms with van der Waals surface area (Å²) in [6.45, 7) is 9.94. The Bertz CT molecular complexity index is 672. The molecule has 0 unspecified atom stereocenters. The van der Waals surface area contributed by atoms with Gasteiger partial charge >= 0.3 is 0 Å². The first kappa shape index (κ1) is 15.4. The Kier molecular flexibility index (Phi) is 3.99. The van der Waals surface area contributed by atoms with Gasteiger partial charge in [-0.15, -0.1) is 0 Å². The molecule has 2 rings (SSSR count).